The topological polar surface area (TPSA) is 81.6 Å². The highest BCUT2D eigenvalue weighted by Crippen LogP contribution is 2.20. The van der Waals surface area contributed by atoms with Crippen molar-refractivity contribution in [2.24, 2.45) is 5.92 Å². The van der Waals surface area contributed by atoms with Crippen LogP contribution in [0.25, 0.3) is 0 Å². The second-order valence-electron chi connectivity index (χ2n) is 6.77. The Morgan fingerprint density at radius 2 is 1.78 bits per heavy atom. The van der Waals surface area contributed by atoms with Crippen molar-refractivity contribution in [1.82, 2.24) is 10.6 Å². The minimum absolute atomic E-state index is 0.0487. The van der Waals surface area contributed by atoms with E-state index in [0.717, 1.165) is 5.56 Å². The lowest BCUT2D eigenvalue weighted by Gasteiger charge is -2.28. The van der Waals surface area contributed by atoms with Crippen molar-refractivity contribution in [2.45, 2.75) is 51.7 Å². The maximum atomic E-state index is 11.9. The molecule has 5 heteroatoms. The molecule has 0 heterocycles. The van der Waals surface area contributed by atoms with Crippen LogP contribution in [0.2, 0.25) is 0 Å². The van der Waals surface area contributed by atoms with Gasteiger partial charge in [-0.2, -0.15) is 0 Å². The van der Waals surface area contributed by atoms with Crippen molar-refractivity contribution in [3.05, 3.63) is 35.9 Å². The molecule has 0 spiro atoms. The second-order valence-corrected chi connectivity index (χ2v) is 6.77. The molecule has 0 aromatic heterocycles. The van der Waals surface area contributed by atoms with Crippen LogP contribution in [0.1, 0.15) is 45.6 Å². The van der Waals surface area contributed by atoms with Crippen molar-refractivity contribution in [2.75, 3.05) is 13.1 Å². The third-order valence-corrected chi connectivity index (χ3v) is 4.26. The van der Waals surface area contributed by atoms with Gasteiger partial charge in [0.1, 0.15) is 0 Å². The zero-order chi connectivity index (χ0) is 17.5. The number of urea groups is 1. The highest BCUT2D eigenvalue weighted by Gasteiger charge is 2.25. The molecule has 23 heavy (non-hydrogen) atoms. The highest BCUT2D eigenvalue weighted by molar-refractivity contribution is 5.74. The Morgan fingerprint density at radius 1 is 1.17 bits per heavy atom. The Labute approximate surface area is 139 Å². The average molecular weight is 322 g/mol. The lowest BCUT2D eigenvalue weighted by Crippen LogP contribution is -2.48. The number of aliphatic hydroxyl groups is 2. The molecule has 1 rings (SSSR count). The molecule has 4 N–H and O–H groups in total. The molecule has 0 bridgehead atoms. The van der Waals surface area contributed by atoms with E-state index in [1.807, 2.05) is 44.2 Å². The van der Waals surface area contributed by atoms with E-state index in [9.17, 15) is 15.0 Å². The predicted molar refractivity (Wildman–Crippen MR) is 92.3 cm³/mol. The van der Waals surface area contributed by atoms with Crippen LogP contribution in [0.3, 0.4) is 0 Å². The zero-order valence-electron chi connectivity index (χ0n) is 14.5. The second kappa shape index (κ2) is 8.89. The number of hydrogen-bond donors (Lipinski definition) is 4. The average Bonchev–Trinajstić information content (AvgIpc) is 2.49. The Balaban J connectivity index is 2.53. The zero-order valence-corrected chi connectivity index (χ0v) is 14.5. The maximum Gasteiger partial charge on any atom is 0.314 e. The van der Waals surface area contributed by atoms with Gasteiger partial charge in [0.25, 0.3) is 0 Å². The lowest BCUT2D eigenvalue weighted by molar-refractivity contribution is 0.0166. The summed E-state index contributed by atoms with van der Waals surface area (Å²) >= 11 is 0. The fourth-order valence-corrected chi connectivity index (χ4v) is 2.22. The molecule has 0 fully saturated rings. The number of rotatable bonds is 8. The standard InChI is InChI=1S/C18H30N2O3/c1-13(2)18(4,23)12-20-17(22)19-11-16(10-14(3)21)15-8-6-5-7-9-15/h5-9,13-14,16,21,23H,10-12H2,1-4H3,(H2,19,20,22). The minimum atomic E-state index is -0.935. The van der Waals surface area contributed by atoms with Crippen molar-refractivity contribution < 1.29 is 15.0 Å². The molecule has 2 amide bonds. The first kappa shape index (κ1) is 19.5. The fourth-order valence-electron chi connectivity index (χ4n) is 2.22. The monoisotopic (exact) mass is 322 g/mol. The van der Waals surface area contributed by atoms with Gasteiger partial charge < -0.3 is 20.8 Å². The van der Waals surface area contributed by atoms with Gasteiger partial charge in [-0.1, -0.05) is 44.2 Å². The van der Waals surface area contributed by atoms with Gasteiger partial charge in [-0.25, -0.2) is 4.79 Å². The van der Waals surface area contributed by atoms with E-state index in [1.165, 1.54) is 0 Å². The van der Waals surface area contributed by atoms with Crippen molar-refractivity contribution >= 4 is 6.03 Å². The molecule has 5 nitrogen and oxygen atoms in total. The minimum Gasteiger partial charge on any atom is -0.393 e. The Kier molecular flexibility index (Phi) is 7.52. The molecule has 0 saturated heterocycles. The van der Waals surface area contributed by atoms with Crippen molar-refractivity contribution in [1.29, 1.82) is 0 Å². The van der Waals surface area contributed by atoms with Gasteiger partial charge >= 0.3 is 6.03 Å². The summed E-state index contributed by atoms with van der Waals surface area (Å²) in [6.45, 7) is 7.91. The number of carbonyl (C=O) groups excluding carboxylic acids is 1. The predicted octanol–water partition coefficient (Wildman–Crippen LogP) is 2.25. The van der Waals surface area contributed by atoms with Crippen molar-refractivity contribution in [3.8, 4) is 0 Å². The first-order chi connectivity index (χ1) is 10.7. The van der Waals surface area contributed by atoms with Crippen LogP contribution in [0.15, 0.2) is 30.3 Å². The van der Waals surface area contributed by atoms with E-state index in [0.29, 0.717) is 13.0 Å². The first-order valence-electron chi connectivity index (χ1n) is 8.19. The summed E-state index contributed by atoms with van der Waals surface area (Å²) in [6, 6.07) is 9.52. The molecule has 0 aliphatic carbocycles. The molecule has 3 atom stereocenters. The van der Waals surface area contributed by atoms with Gasteiger partial charge in [0, 0.05) is 19.0 Å². The van der Waals surface area contributed by atoms with Crippen LogP contribution in [-0.4, -0.2) is 41.0 Å². The quantitative estimate of drug-likeness (QED) is 0.592. The molecule has 0 aliphatic rings. The summed E-state index contributed by atoms with van der Waals surface area (Å²) in [6.07, 6.45) is 0.139. The maximum absolute atomic E-state index is 11.9. The summed E-state index contributed by atoms with van der Waals surface area (Å²) in [5.74, 6) is 0.0997. The Bertz CT molecular complexity index is 472. The molecule has 0 aliphatic heterocycles. The van der Waals surface area contributed by atoms with E-state index in [-0.39, 0.29) is 24.4 Å². The number of hydrogen-bond acceptors (Lipinski definition) is 3. The van der Waals surface area contributed by atoms with Crippen LogP contribution in [0, 0.1) is 5.92 Å². The van der Waals surface area contributed by atoms with Gasteiger partial charge in [0.05, 0.1) is 11.7 Å². The summed E-state index contributed by atoms with van der Waals surface area (Å²) in [5.41, 5.74) is 0.151. The lowest BCUT2D eigenvalue weighted by atomic mass is 9.92. The van der Waals surface area contributed by atoms with E-state index < -0.39 is 11.7 Å². The summed E-state index contributed by atoms with van der Waals surface area (Å²) < 4.78 is 0. The van der Waals surface area contributed by atoms with Gasteiger partial charge in [0.2, 0.25) is 0 Å². The van der Waals surface area contributed by atoms with Crippen LogP contribution in [-0.2, 0) is 0 Å². The van der Waals surface area contributed by atoms with Crippen LogP contribution in [0.5, 0.6) is 0 Å². The molecule has 1 aromatic rings. The van der Waals surface area contributed by atoms with Gasteiger partial charge in [-0.15, -0.1) is 0 Å². The number of aliphatic hydroxyl groups excluding tert-OH is 1. The smallest absolute Gasteiger partial charge is 0.314 e. The van der Waals surface area contributed by atoms with Gasteiger partial charge in [-0.3, -0.25) is 0 Å². The summed E-state index contributed by atoms with van der Waals surface area (Å²) in [5, 5.41) is 25.3. The number of nitrogens with one attached hydrogen (secondary N) is 2. The highest BCUT2D eigenvalue weighted by atomic mass is 16.3. The summed E-state index contributed by atoms with van der Waals surface area (Å²) in [7, 11) is 0. The molecule has 3 unspecified atom stereocenters. The first-order valence-corrected chi connectivity index (χ1v) is 8.19. The Hall–Kier alpha value is -1.59. The molecular formula is C18H30N2O3. The normalized spacial score (nSPS) is 16.5. The third-order valence-electron chi connectivity index (χ3n) is 4.26. The molecule has 1 aromatic carbocycles. The van der Waals surface area contributed by atoms with Gasteiger partial charge in [0.15, 0.2) is 0 Å². The van der Waals surface area contributed by atoms with E-state index >= 15 is 0 Å². The van der Waals surface area contributed by atoms with E-state index in [4.69, 9.17) is 0 Å². The van der Waals surface area contributed by atoms with Gasteiger partial charge in [-0.05, 0) is 31.7 Å². The summed E-state index contributed by atoms with van der Waals surface area (Å²) in [4.78, 5) is 11.9. The van der Waals surface area contributed by atoms with E-state index in [2.05, 4.69) is 10.6 Å². The van der Waals surface area contributed by atoms with E-state index in [1.54, 1.807) is 13.8 Å². The van der Waals surface area contributed by atoms with Crippen LogP contribution >= 0.6 is 0 Å². The third kappa shape index (κ3) is 7.01. The number of amides is 2. The Morgan fingerprint density at radius 3 is 2.30 bits per heavy atom. The van der Waals surface area contributed by atoms with Crippen molar-refractivity contribution in [3.63, 3.8) is 0 Å². The SMILES string of the molecule is CC(O)CC(CNC(=O)NCC(C)(O)C(C)C)c1ccccc1. The molecular weight excluding hydrogens is 292 g/mol. The molecule has 0 saturated carbocycles. The number of benzene rings is 1. The fraction of sp³-hybridized carbons (Fsp3) is 0.611. The van der Waals surface area contributed by atoms with Crippen LogP contribution < -0.4 is 10.6 Å². The van der Waals surface area contributed by atoms with Crippen LogP contribution in [0.4, 0.5) is 4.79 Å². The molecule has 130 valence electrons. The largest absolute Gasteiger partial charge is 0.393 e. The number of carbonyl (C=O) groups is 1. The molecule has 0 radical (unpaired) electrons.